The first-order valence-corrected chi connectivity index (χ1v) is 8.87. The molecule has 2 N–H and O–H groups in total. The molecule has 0 bridgehead atoms. The Hall–Kier alpha value is -2.12. The molecule has 3 heterocycles. The molecule has 1 saturated heterocycles. The summed E-state index contributed by atoms with van der Waals surface area (Å²) in [5, 5.41) is 5.80. The summed E-state index contributed by atoms with van der Waals surface area (Å²) in [5.74, 6) is 0.926. The Labute approximate surface area is 145 Å². The molecule has 0 spiro atoms. The maximum atomic E-state index is 12.0. The topological polar surface area (TPSA) is 66.5 Å². The number of nitrogens with zero attached hydrogens (tertiary/aromatic N) is 2. The molecule has 0 radical (unpaired) electrons. The van der Waals surface area contributed by atoms with Crippen molar-refractivity contribution in [1.82, 2.24) is 15.6 Å². The van der Waals surface area contributed by atoms with E-state index in [0.717, 1.165) is 29.3 Å². The van der Waals surface area contributed by atoms with Crippen LogP contribution in [-0.4, -0.2) is 37.3 Å². The van der Waals surface area contributed by atoms with Gasteiger partial charge in [-0.1, -0.05) is 6.07 Å². The van der Waals surface area contributed by atoms with Crippen LogP contribution in [0.5, 0.6) is 0 Å². The van der Waals surface area contributed by atoms with Crippen LogP contribution < -0.4 is 15.5 Å². The lowest BCUT2D eigenvalue weighted by molar-refractivity contribution is 0.122. The normalized spacial score (nSPS) is 14.5. The molecule has 3 rings (SSSR count). The molecule has 0 unspecified atom stereocenters. The predicted octanol–water partition coefficient (Wildman–Crippen LogP) is 2.29. The van der Waals surface area contributed by atoms with Gasteiger partial charge in [0.25, 0.3) is 0 Å². The third-order valence-electron chi connectivity index (χ3n) is 3.84. The van der Waals surface area contributed by atoms with Gasteiger partial charge < -0.3 is 20.3 Å². The van der Waals surface area contributed by atoms with E-state index in [2.05, 4.69) is 33.5 Å². The fraction of sp³-hybridized carbons (Fsp3) is 0.412. The van der Waals surface area contributed by atoms with Crippen LogP contribution in [-0.2, 0) is 17.8 Å². The summed E-state index contributed by atoms with van der Waals surface area (Å²) < 4.78 is 5.39. The molecule has 24 heavy (non-hydrogen) atoms. The van der Waals surface area contributed by atoms with Gasteiger partial charge in [-0.3, -0.25) is 0 Å². The summed E-state index contributed by atoms with van der Waals surface area (Å²) in [4.78, 5) is 21.1. The Kier molecular flexibility index (Phi) is 5.66. The molecule has 2 amide bonds. The van der Waals surface area contributed by atoms with Gasteiger partial charge in [-0.25, -0.2) is 9.78 Å². The minimum absolute atomic E-state index is 0.169. The molecule has 2 aromatic rings. The Morgan fingerprint density at radius 3 is 2.79 bits per heavy atom. The van der Waals surface area contributed by atoms with Crippen molar-refractivity contribution in [2.75, 3.05) is 31.2 Å². The van der Waals surface area contributed by atoms with E-state index in [-0.39, 0.29) is 6.03 Å². The van der Waals surface area contributed by atoms with E-state index in [1.54, 1.807) is 17.5 Å². The van der Waals surface area contributed by atoms with Gasteiger partial charge in [0.1, 0.15) is 5.82 Å². The van der Waals surface area contributed by atoms with Crippen molar-refractivity contribution in [2.24, 2.45) is 0 Å². The zero-order chi connectivity index (χ0) is 16.8. The summed E-state index contributed by atoms with van der Waals surface area (Å²) in [7, 11) is 0. The van der Waals surface area contributed by atoms with Crippen molar-refractivity contribution < 1.29 is 9.53 Å². The number of urea groups is 1. The van der Waals surface area contributed by atoms with Crippen molar-refractivity contribution >= 4 is 23.2 Å². The van der Waals surface area contributed by atoms with Crippen LogP contribution in [0, 0.1) is 6.92 Å². The minimum atomic E-state index is -0.169. The van der Waals surface area contributed by atoms with Crippen molar-refractivity contribution in [1.29, 1.82) is 0 Å². The first-order chi connectivity index (χ1) is 11.7. The van der Waals surface area contributed by atoms with Gasteiger partial charge in [0.15, 0.2) is 0 Å². The lowest BCUT2D eigenvalue weighted by Crippen LogP contribution is -2.38. The van der Waals surface area contributed by atoms with E-state index in [9.17, 15) is 4.79 Å². The van der Waals surface area contributed by atoms with Crippen LogP contribution in [0.25, 0.3) is 0 Å². The average molecular weight is 346 g/mol. The van der Waals surface area contributed by atoms with Gasteiger partial charge in [-0.2, -0.15) is 0 Å². The Morgan fingerprint density at radius 1 is 1.25 bits per heavy atom. The second-order valence-corrected chi connectivity index (χ2v) is 7.01. The fourth-order valence-electron chi connectivity index (χ4n) is 2.61. The first-order valence-electron chi connectivity index (χ1n) is 8.06. The maximum Gasteiger partial charge on any atom is 0.315 e. The Balaban J connectivity index is 1.53. The molecule has 0 aromatic carbocycles. The van der Waals surface area contributed by atoms with Crippen LogP contribution in [0.15, 0.2) is 30.5 Å². The van der Waals surface area contributed by atoms with E-state index >= 15 is 0 Å². The molecule has 128 valence electrons. The van der Waals surface area contributed by atoms with Crippen molar-refractivity contribution in [3.05, 3.63) is 45.8 Å². The van der Waals surface area contributed by atoms with Gasteiger partial charge in [0.05, 0.1) is 19.8 Å². The number of ether oxygens (including phenoxy) is 1. The summed E-state index contributed by atoms with van der Waals surface area (Å²) in [6, 6.07) is 7.83. The molecule has 7 heteroatoms. The van der Waals surface area contributed by atoms with E-state index in [0.29, 0.717) is 26.3 Å². The van der Waals surface area contributed by atoms with Gasteiger partial charge >= 0.3 is 6.03 Å². The number of aromatic nitrogens is 1. The van der Waals surface area contributed by atoms with E-state index < -0.39 is 0 Å². The molecular formula is C17H22N4O2S. The number of morpholine rings is 1. The smallest absolute Gasteiger partial charge is 0.315 e. The number of pyridine rings is 1. The largest absolute Gasteiger partial charge is 0.378 e. The van der Waals surface area contributed by atoms with E-state index in [1.807, 2.05) is 18.2 Å². The number of nitrogens with one attached hydrogen (secondary N) is 2. The third kappa shape index (κ3) is 4.46. The zero-order valence-electron chi connectivity index (χ0n) is 13.7. The molecule has 6 nitrogen and oxygen atoms in total. The van der Waals surface area contributed by atoms with Crippen LogP contribution in [0.4, 0.5) is 10.6 Å². The minimum Gasteiger partial charge on any atom is -0.378 e. The number of carbonyl (C=O) groups is 1. The standard InChI is InChI=1S/C17H22N4O2S/c1-13-4-5-15(24-13)12-20-17(22)19-11-14-3-2-6-18-16(14)21-7-9-23-10-8-21/h2-6H,7-12H2,1H3,(H2,19,20,22). The number of thiophene rings is 1. The molecule has 1 fully saturated rings. The summed E-state index contributed by atoms with van der Waals surface area (Å²) in [6.45, 7) is 6.14. The summed E-state index contributed by atoms with van der Waals surface area (Å²) >= 11 is 1.69. The number of hydrogen-bond donors (Lipinski definition) is 2. The maximum absolute atomic E-state index is 12.0. The molecule has 0 saturated carbocycles. The van der Waals surface area contributed by atoms with E-state index in [1.165, 1.54) is 4.88 Å². The Morgan fingerprint density at radius 2 is 2.04 bits per heavy atom. The first kappa shape index (κ1) is 16.7. The summed E-state index contributed by atoms with van der Waals surface area (Å²) in [6.07, 6.45) is 1.79. The van der Waals surface area contributed by atoms with E-state index in [4.69, 9.17) is 4.74 Å². The van der Waals surface area contributed by atoms with Gasteiger partial charge in [-0.15, -0.1) is 11.3 Å². The SMILES string of the molecule is Cc1ccc(CNC(=O)NCc2cccnc2N2CCOCC2)s1. The van der Waals surface area contributed by atoms with Crippen molar-refractivity contribution in [3.63, 3.8) is 0 Å². The molecule has 0 aliphatic carbocycles. The molecular weight excluding hydrogens is 324 g/mol. The lowest BCUT2D eigenvalue weighted by atomic mass is 10.2. The second-order valence-electron chi connectivity index (χ2n) is 5.63. The highest BCUT2D eigenvalue weighted by molar-refractivity contribution is 7.11. The lowest BCUT2D eigenvalue weighted by Gasteiger charge is -2.29. The van der Waals surface area contributed by atoms with Crippen LogP contribution in [0.2, 0.25) is 0 Å². The average Bonchev–Trinajstić information content (AvgIpc) is 3.04. The molecule has 1 aliphatic rings. The number of hydrogen-bond acceptors (Lipinski definition) is 5. The highest BCUT2D eigenvalue weighted by Gasteiger charge is 2.16. The highest BCUT2D eigenvalue weighted by atomic mass is 32.1. The number of aryl methyl sites for hydroxylation is 1. The van der Waals surface area contributed by atoms with Crippen LogP contribution in [0.3, 0.4) is 0 Å². The number of carbonyl (C=O) groups excluding carboxylic acids is 1. The monoisotopic (exact) mass is 346 g/mol. The molecule has 1 aliphatic heterocycles. The van der Waals surface area contributed by atoms with Crippen molar-refractivity contribution in [2.45, 2.75) is 20.0 Å². The molecule has 0 atom stereocenters. The van der Waals surface area contributed by atoms with Gasteiger partial charge in [0.2, 0.25) is 0 Å². The quantitative estimate of drug-likeness (QED) is 0.872. The van der Waals surface area contributed by atoms with Crippen molar-refractivity contribution in [3.8, 4) is 0 Å². The highest BCUT2D eigenvalue weighted by Crippen LogP contribution is 2.18. The fourth-order valence-corrected chi connectivity index (χ4v) is 3.44. The Bertz CT molecular complexity index is 683. The summed E-state index contributed by atoms with van der Waals surface area (Å²) in [5.41, 5.74) is 1.02. The zero-order valence-corrected chi connectivity index (χ0v) is 14.6. The van der Waals surface area contributed by atoms with Gasteiger partial charge in [-0.05, 0) is 25.1 Å². The molecule has 2 aromatic heterocycles. The predicted molar refractivity (Wildman–Crippen MR) is 95.4 cm³/mol. The van der Waals surface area contributed by atoms with Gasteiger partial charge in [0, 0.05) is 41.1 Å². The van der Waals surface area contributed by atoms with Crippen LogP contribution in [0.1, 0.15) is 15.3 Å². The second kappa shape index (κ2) is 8.12. The number of amides is 2. The number of anilines is 1. The number of rotatable bonds is 5. The van der Waals surface area contributed by atoms with Crippen LogP contribution >= 0.6 is 11.3 Å². The third-order valence-corrected chi connectivity index (χ3v) is 4.84.